The molecule has 0 aliphatic carbocycles. The van der Waals surface area contributed by atoms with Crippen molar-refractivity contribution in [2.45, 2.75) is 25.8 Å². The smallest absolute Gasteiger partial charge is 0.326 e. The second-order valence-corrected chi connectivity index (χ2v) is 3.18. The number of aliphatic carboxylic acids is 1. The number of carboxylic acid groups (broad SMARTS) is 1. The van der Waals surface area contributed by atoms with Crippen LogP contribution in [0.3, 0.4) is 0 Å². The molecule has 1 atom stereocenters. The third kappa shape index (κ3) is 2.45. The fourth-order valence-electron chi connectivity index (χ4n) is 1.58. The van der Waals surface area contributed by atoms with Crippen molar-refractivity contribution in [2.24, 2.45) is 0 Å². The molecule has 80 valence electrons. The van der Waals surface area contributed by atoms with Gasteiger partial charge in [-0.25, -0.2) is 4.79 Å². The van der Waals surface area contributed by atoms with Crippen LogP contribution in [0.4, 0.5) is 0 Å². The summed E-state index contributed by atoms with van der Waals surface area (Å²) in [5.41, 5.74) is 0. The van der Waals surface area contributed by atoms with E-state index in [9.17, 15) is 9.59 Å². The average molecular weight is 201 g/mol. The quantitative estimate of drug-likeness (QED) is 0.640. The van der Waals surface area contributed by atoms with E-state index in [2.05, 4.69) is 0 Å². The number of nitrogens with zero attached hydrogens (tertiary/aromatic N) is 1. The maximum atomic E-state index is 11.3. The summed E-state index contributed by atoms with van der Waals surface area (Å²) in [4.78, 5) is 23.4. The lowest BCUT2D eigenvalue weighted by Crippen LogP contribution is -2.40. The second-order valence-electron chi connectivity index (χ2n) is 3.18. The van der Waals surface area contributed by atoms with Gasteiger partial charge in [-0.2, -0.15) is 0 Å². The maximum absolute atomic E-state index is 11.3. The lowest BCUT2D eigenvalue weighted by Gasteiger charge is -2.21. The number of amides is 1. The van der Waals surface area contributed by atoms with Crippen LogP contribution in [0.15, 0.2) is 0 Å². The van der Waals surface area contributed by atoms with E-state index in [-0.39, 0.29) is 5.91 Å². The molecule has 1 rings (SSSR count). The van der Waals surface area contributed by atoms with Crippen molar-refractivity contribution in [2.75, 3.05) is 19.8 Å². The standard InChI is InChI=1S/C9H15NO4/c1-2-14-6-5-10-7(9(12)13)3-4-8(10)11/h7H,2-6H2,1H3,(H,12,13). The molecule has 0 spiro atoms. The van der Waals surface area contributed by atoms with Crippen molar-refractivity contribution in [3.8, 4) is 0 Å². The van der Waals surface area contributed by atoms with E-state index in [4.69, 9.17) is 9.84 Å². The van der Waals surface area contributed by atoms with E-state index < -0.39 is 12.0 Å². The molecule has 1 amide bonds. The summed E-state index contributed by atoms with van der Waals surface area (Å²) < 4.78 is 5.09. The molecule has 1 aliphatic heterocycles. The topological polar surface area (TPSA) is 66.8 Å². The Morgan fingerprint density at radius 1 is 1.71 bits per heavy atom. The Morgan fingerprint density at radius 3 is 3.00 bits per heavy atom. The van der Waals surface area contributed by atoms with Crippen LogP contribution in [0.5, 0.6) is 0 Å². The molecule has 1 unspecified atom stereocenters. The van der Waals surface area contributed by atoms with Crippen molar-refractivity contribution in [1.29, 1.82) is 0 Å². The zero-order valence-electron chi connectivity index (χ0n) is 8.23. The van der Waals surface area contributed by atoms with E-state index in [1.54, 1.807) is 0 Å². The molecule has 1 saturated heterocycles. The fraction of sp³-hybridized carbons (Fsp3) is 0.778. The van der Waals surface area contributed by atoms with Gasteiger partial charge in [0.25, 0.3) is 0 Å². The van der Waals surface area contributed by atoms with Gasteiger partial charge in [0, 0.05) is 19.6 Å². The molecule has 5 heteroatoms. The van der Waals surface area contributed by atoms with Crippen LogP contribution >= 0.6 is 0 Å². The van der Waals surface area contributed by atoms with Crippen molar-refractivity contribution >= 4 is 11.9 Å². The highest BCUT2D eigenvalue weighted by Gasteiger charge is 2.35. The van der Waals surface area contributed by atoms with Gasteiger partial charge in [-0.15, -0.1) is 0 Å². The minimum absolute atomic E-state index is 0.0860. The zero-order valence-corrected chi connectivity index (χ0v) is 8.23. The lowest BCUT2D eigenvalue weighted by molar-refractivity contribution is -0.146. The van der Waals surface area contributed by atoms with Crippen LogP contribution in [0.1, 0.15) is 19.8 Å². The number of carbonyl (C=O) groups is 2. The van der Waals surface area contributed by atoms with Gasteiger partial charge in [0.15, 0.2) is 0 Å². The number of likely N-dealkylation sites (tertiary alicyclic amines) is 1. The van der Waals surface area contributed by atoms with E-state index in [0.29, 0.717) is 32.6 Å². The van der Waals surface area contributed by atoms with Gasteiger partial charge < -0.3 is 14.7 Å². The monoisotopic (exact) mass is 201 g/mol. The highest BCUT2D eigenvalue weighted by molar-refractivity contribution is 5.87. The summed E-state index contributed by atoms with van der Waals surface area (Å²) in [6.07, 6.45) is 0.753. The molecular weight excluding hydrogens is 186 g/mol. The van der Waals surface area contributed by atoms with Crippen LogP contribution in [0.25, 0.3) is 0 Å². The Balaban J connectivity index is 2.45. The van der Waals surface area contributed by atoms with Crippen LogP contribution in [-0.4, -0.2) is 47.7 Å². The number of ether oxygens (including phenoxy) is 1. The van der Waals surface area contributed by atoms with Crippen molar-refractivity contribution in [1.82, 2.24) is 4.90 Å². The summed E-state index contributed by atoms with van der Waals surface area (Å²) in [6, 6.07) is -0.650. The zero-order chi connectivity index (χ0) is 10.6. The van der Waals surface area contributed by atoms with E-state index >= 15 is 0 Å². The van der Waals surface area contributed by atoms with Gasteiger partial charge >= 0.3 is 5.97 Å². The molecule has 0 bridgehead atoms. The Hall–Kier alpha value is -1.10. The molecule has 1 fully saturated rings. The van der Waals surface area contributed by atoms with Crippen LogP contribution in [-0.2, 0) is 14.3 Å². The van der Waals surface area contributed by atoms with Gasteiger partial charge in [-0.05, 0) is 13.3 Å². The first kappa shape index (κ1) is 11.0. The molecule has 0 saturated carbocycles. The summed E-state index contributed by atoms with van der Waals surface area (Å²) in [7, 11) is 0. The van der Waals surface area contributed by atoms with Crippen molar-refractivity contribution in [3.05, 3.63) is 0 Å². The Labute approximate surface area is 82.6 Å². The number of carbonyl (C=O) groups excluding carboxylic acids is 1. The molecule has 1 aliphatic rings. The number of hydrogen-bond donors (Lipinski definition) is 1. The summed E-state index contributed by atoms with van der Waals surface area (Å²) in [6.45, 7) is 3.23. The molecule has 5 nitrogen and oxygen atoms in total. The molecule has 1 N–H and O–H groups in total. The van der Waals surface area contributed by atoms with E-state index in [1.165, 1.54) is 4.90 Å². The third-order valence-electron chi connectivity index (χ3n) is 2.29. The molecule has 0 aromatic rings. The molecule has 0 aromatic carbocycles. The highest BCUT2D eigenvalue weighted by atomic mass is 16.5. The van der Waals surface area contributed by atoms with Crippen LogP contribution < -0.4 is 0 Å². The summed E-state index contributed by atoms with van der Waals surface area (Å²) >= 11 is 0. The van der Waals surface area contributed by atoms with Gasteiger partial charge in [-0.3, -0.25) is 4.79 Å². The largest absolute Gasteiger partial charge is 0.480 e. The normalized spacial score (nSPS) is 21.6. The summed E-state index contributed by atoms with van der Waals surface area (Å²) in [5.74, 6) is -1.01. The minimum Gasteiger partial charge on any atom is -0.480 e. The predicted octanol–water partition coefficient (Wildman–Crippen LogP) is 0.0985. The number of rotatable bonds is 5. The molecule has 14 heavy (non-hydrogen) atoms. The Morgan fingerprint density at radius 2 is 2.43 bits per heavy atom. The van der Waals surface area contributed by atoms with Crippen molar-refractivity contribution < 1.29 is 19.4 Å². The van der Waals surface area contributed by atoms with Crippen LogP contribution in [0, 0.1) is 0 Å². The van der Waals surface area contributed by atoms with E-state index in [0.717, 1.165) is 0 Å². The van der Waals surface area contributed by atoms with Gasteiger partial charge in [-0.1, -0.05) is 0 Å². The van der Waals surface area contributed by atoms with Gasteiger partial charge in [0.05, 0.1) is 6.61 Å². The van der Waals surface area contributed by atoms with E-state index in [1.807, 2.05) is 6.92 Å². The van der Waals surface area contributed by atoms with Crippen LogP contribution in [0.2, 0.25) is 0 Å². The van der Waals surface area contributed by atoms with Gasteiger partial charge in [0.1, 0.15) is 6.04 Å². The Bertz CT molecular complexity index is 229. The molecule has 0 aromatic heterocycles. The van der Waals surface area contributed by atoms with Crippen molar-refractivity contribution in [3.63, 3.8) is 0 Å². The third-order valence-corrected chi connectivity index (χ3v) is 2.29. The molecule has 1 heterocycles. The highest BCUT2D eigenvalue weighted by Crippen LogP contribution is 2.18. The minimum atomic E-state index is -0.924. The first-order valence-electron chi connectivity index (χ1n) is 4.76. The molecule has 0 radical (unpaired) electrons. The second kappa shape index (κ2) is 4.95. The summed E-state index contributed by atoms with van der Waals surface area (Å²) in [5, 5.41) is 8.82. The lowest BCUT2D eigenvalue weighted by atomic mass is 10.2. The van der Waals surface area contributed by atoms with Gasteiger partial charge in [0.2, 0.25) is 5.91 Å². The first-order valence-corrected chi connectivity index (χ1v) is 4.76. The number of carboxylic acids is 1. The number of hydrogen-bond acceptors (Lipinski definition) is 3. The SMILES string of the molecule is CCOCCN1C(=O)CCC1C(=O)O. The maximum Gasteiger partial charge on any atom is 0.326 e. The fourth-order valence-corrected chi connectivity index (χ4v) is 1.58. The molecular formula is C9H15NO4. The average Bonchev–Trinajstić information content (AvgIpc) is 2.48. The Kier molecular flexibility index (Phi) is 3.88. The first-order chi connectivity index (χ1) is 6.66. The predicted molar refractivity (Wildman–Crippen MR) is 48.9 cm³/mol.